The molecule has 0 atom stereocenters. The van der Waals surface area contributed by atoms with Gasteiger partial charge in [-0.25, -0.2) is 14.8 Å². The molecule has 9 aromatic rings. The van der Waals surface area contributed by atoms with Gasteiger partial charge in [-0.3, -0.25) is 0 Å². The molecule has 0 N–H and O–H groups in total. The number of nitrogens with zero attached hydrogens (tertiary/aromatic N) is 5. The van der Waals surface area contributed by atoms with Gasteiger partial charge in [0.1, 0.15) is 10.0 Å². The summed E-state index contributed by atoms with van der Waals surface area (Å²) >= 11 is 3.41. The van der Waals surface area contributed by atoms with Crippen LogP contribution in [0.3, 0.4) is 0 Å². The van der Waals surface area contributed by atoms with Crippen LogP contribution in [0.25, 0.3) is 85.0 Å². The van der Waals surface area contributed by atoms with Crippen LogP contribution in [0.4, 0.5) is 5.69 Å². The Labute approximate surface area is 277 Å². The van der Waals surface area contributed by atoms with Crippen molar-refractivity contribution in [2.24, 2.45) is 0 Å². The third kappa shape index (κ3) is 4.41. The second kappa shape index (κ2) is 10.8. The third-order valence-corrected chi connectivity index (χ3v) is 10.7. The topological polar surface area (TPSA) is 58.9 Å². The number of nitriles is 1. The Morgan fingerprint density at radius 1 is 0.617 bits per heavy atom. The first-order valence-corrected chi connectivity index (χ1v) is 16.6. The largest absolute Gasteiger partial charge is 0.309 e. The highest BCUT2D eigenvalue weighted by Gasteiger charge is 2.18. The predicted octanol–water partition coefficient (Wildman–Crippen LogP) is 11.4. The molecule has 3 heterocycles. The van der Waals surface area contributed by atoms with Crippen LogP contribution in [-0.4, -0.2) is 14.5 Å². The van der Waals surface area contributed by atoms with E-state index in [2.05, 4.69) is 100 Å². The standard InChI is InChI=1S/C40H21N5S2/c1-42-33-10-6-7-27(23-41)38(33)24-13-17-28(18-14-24)45-34-19-15-25(39-43-31-8-2-4-11-36(31)46-39)21-29(34)30-22-26(16-20-35(30)45)40-44-32-9-3-5-12-37(32)47-40/h2-22H. The Bertz CT molecular complexity index is 2540. The number of thiazole rings is 2. The van der Waals surface area contributed by atoms with Crippen molar-refractivity contribution in [3.63, 3.8) is 0 Å². The number of para-hydroxylation sites is 2. The lowest BCUT2D eigenvalue weighted by Crippen LogP contribution is -1.94. The summed E-state index contributed by atoms with van der Waals surface area (Å²) in [6, 6.07) is 45.4. The molecule has 47 heavy (non-hydrogen) atoms. The van der Waals surface area contributed by atoms with Crippen LogP contribution in [0.2, 0.25) is 0 Å². The van der Waals surface area contributed by atoms with Crippen LogP contribution in [0, 0.1) is 17.9 Å². The molecule has 0 spiro atoms. The predicted molar refractivity (Wildman–Crippen MR) is 194 cm³/mol. The van der Waals surface area contributed by atoms with Crippen LogP contribution < -0.4 is 0 Å². The maximum Gasteiger partial charge on any atom is 0.196 e. The maximum atomic E-state index is 9.77. The molecule has 0 saturated heterocycles. The average molecular weight is 636 g/mol. The third-order valence-electron chi connectivity index (χ3n) is 8.54. The van der Waals surface area contributed by atoms with E-state index in [4.69, 9.17) is 16.5 Å². The van der Waals surface area contributed by atoms with Crippen LogP contribution in [0.1, 0.15) is 5.56 Å². The Hall–Kier alpha value is -6.12. The fourth-order valence-corrected chi connectivity index (χ4v) is 8.29. The summed E-state index contributed by atoms with van der Waals surface area (Å²) in [6.45, 7) is 7.67. The SMILES string of the molecule is [C-]#[N+]c1cccc(C#N)c1-c1ccc(-n2c3ccc(-c4nc5ccccc5s4)cc3c3cc(-c4nc5ccccc5s4)ccc32)cc1. The van der Waals surface area contributed by atoms with E-state index >= 15 is 0 Å². The lowest BCUT2D eigenvalue weighted by atomic mass is 9.98. The smallest absolute Gasteiger partial charge is 0.196 e. The first kappa shape index (κ1) is 27.2. The summed E-state index contributed by atoms with van der Waals surface area (Å²) in [4.78, 5) is 13.6. The van der Waals surface area contributed by atoms with E-state index in [0.717, 1.165) is 65.2 Å². The van der Waals surface area contributed by atoms with Crippen molar-refractivity contribution in [2.75, 3.05) is 0 Å². The molecule has 3 aromatic heterocycles. The molecule has 0 amide bonds. The second-order valence-corrected chi connectivity index (χ2v) is 13.3. The number of fused-ring (bicyclic) bond motifs is 5. The summed E-state index contributed by atoms with van der Waals surface area (Å²) in [7, 11) is 0. The van der Waals surface area contributed by atoms with Crippen LogP contribution in [0.5, 0.6) is 0 Å². The molecule has 0 unspecified atom stereocenters. The molecule has 0 aliphatic carbocycles. The highest BCUT2D eigenvalue weighted by molar-refractivity contribution is 7.22. The van der Waals surface area contributed by atoms with Crippen molar-refractivity contribution in [2.45, 2.75) is 0 Å². The highest BCUT2D eigenvalue weighted by Crippen LogP contribution is 2.40. The minimum absolute atomic E-state index is 0.471. The van der Waals surface area contributed by atoms with E-state index < -0.39 is 0 Å². The van der Waals surface area contributed by atoms with Crippen molar-refractivity contribution in [3.8, 4) is 44.0 Å². The van der Waals surface area contributed by atoms with Gasteiger partial charge >= 0.3 is 0 Å². The highest BCUT2D eigenvalue weighted by atomic mass is 32.1. The fourth-order valence-electron chi connectivity index (χ4n) is 6.37. The van der Waals surface area contributed by atoms with Gasteiger partial charge in [0.2, 0.25) is 0 Å². The van der Waals surface area contributed by atoms with Gasteiger partial charge in [0, 0.05) is 38.7 Å². The molecule has 0 bridgehead atoms. The number of aromatic nitrogens is 3. The van der Waals surface area contributed by atoms with Crippen molar-refractivity contribution in [3.05, 3.63) is 144 Å². The summed E-state index contributed by atoms with van der Waals surface area (Å²) in [5, 5.41) is 14.0. The Morgan fingerprint density at radius 3 is 1.70 bits per heavy atom. The Balaban J connectivity index is 1.25. The second-order valence-electron chi connectivity index (χ2n) is 11.2. The molecule has 0 radical (unpaired) electrons. The van der Waals surface area contributed by atoms with E-state index in [1.165, 1.54) is 9.40 Å². The lowest BCUT2D eigenvalue weighted by Gasteiger charge is -2.11. The Morgan fingerprint density at radius 2 is 1.17 bits per heavy atom. The quantitative estimate of drug-likeness (QED) is 0.181. The zero-order valence-electron chi connectivity index (χ0n) is 24.7. The van der Waals surface area contributed by atoms with Gasteiger partial charge in [-0.2, -0.15) is 5.26 Å². The molecular weight excluding hydrogens is 615 g/mol. The summed E-state index contributed by atoms with van der Waals surface area (Å²) in [5.41, 5.74) is 9.81. The summed E-state index contributed by atoms with van der Waals surface area (Å²) in [6.07, 6.45) is 0. The van der Waals surface area contributed by atoms with E-state index in [1.807, 2.05) is 24.3 Å². The molecule has 5 nitrogen and oxygen atoms in total. The summed E-state index contributed by atoms with van der Waals surface area (Å²) < 4.78 is 4.62. The molecule has 9 rings (SSSR count). The molecule has 0 aliphatic heterocycles. The molecule has 0 saturated carbocycles. The van der Waals surface area contributed by atoms with Gasteiger partial charge in [0.15, 0.2) is 5.69 Å². The van der Waals surface area contributed by atoms with Crippen LogP contribution >= 0.6 is 22.7 Å². The normalized spacial score (nSPS) is 11.4. The van der Waals surface area contributed by atoms with Crippen molar-refractivity contribution < 1.29 is 0 Å². The fraction of sp³-hybridized carbons (Fsp3) is 0. The number of rotatable bonds is 4. The van der Waals surface area contributed by atoms with Gasteiger partial charge in [-0.15, -0.1) is 22.7 Å². The summed E-state index contributed by atoms with van der Waals surface area (Å²) in [5.74, 6) is 0. The van der Waals surface area contributed by atoms with Gasteiger partial charge in [0.25, 0.3) is 0 Å². The zero-order chi connectivity index (χ0) is 31.5. The lowest BCUT2D eigenvalue weighted by molar-refractivity contribution is 1.18. The van der Waals surface area contributed by atoms with Crippen molar-refractivity contribution in [1.29, 1.82) is 5.26 Å². The minimum Gasteiger partial charge on any atom is -0.309 e. The number of benzene rings is 6. The monoisotopic (exact) mass is 635 g/mol. The van der Waals surface area contributed by atoms with Gasteiger partial charge in [0.05, 0.1) is 44.1 Å². The van der Waals surface area contributed by atoms with Gasteiger partial charge in [-0.1, -0.05) is 48.5 Å². The van der Waals surface area contributed by atoms with E-state index in [1.54, 1.807) is 40.9 Å². The van der Waals surface area contributed by atoms with Crippen LogP contribution in [-0.2, 0) is 0 Å². The Kier molecular flexibility index (Phi) is 6.22. The number of hydrogen-bond acceptors (Lipinski definition) is 5. The van der Waals surface area contributed by atoms with E-state index in [-0.39, 0.29) is 0 Å². The first-order valence-electron chi connectivity index (χ1n) is 15.0. The van der Waals surface area contributed by atoms with Crippen molar-refractivity contribution in [1.82, 2.24) is 14.5 Å². The zero-order valence-corrected chi connectivity index (χ0v) is 26.3. The molecule has 7 heteroatoms. The molecular formula is C40H21N5S2. The molecule has 6 aromatic carbocycles. The maximum absolute atomic E-state index is 9.77. The van der Waals surface area contributed by atoms with E-state index in [0.29, 0.717) is 16.8 Å². The first-order chi connectivity index (χ1) is 23.2. The molecule has 218 valence electrons. The van der Waals surface area contributed by atoms with Gasteiger partial charge in [-0.05, 0) is 84.4 Å². The van der Waals surface area contributed by atoms with Crippen LogP contribution in [0.15, 0.2) is 127 Å². The van der Waals surface area contributed by atoms with Gasteiger partial charge < -0.3 is 4.57 Å². The van der Waals surface area contributed by atoms with E-state index in [9.17, 15) is 5.26 Å². The molecule has 0 fully saturated rings. The van der Waals surface area contributed by atoms with Crippen molar-refractivity contribution >= 4 is 70.6 Å². The number of hydrogen-bond donors (Lipinski definition) is 0. The minimum atomic E-state index is 0.471. The molecule has 0 aliphatic rings. The average Bonchev–Trinajstić information content (AvgIpc) is 3.85.